The fraction of sp³-hybridized carbons (Fsp3) is 0.583. The van der Waals surface area contributed by atoms with Crippen molar-refractivity contribution in [1.82, 2.24) is 40.4 Å². The lowest BCUT2D eigenvalue weighted by molar-refractivity contribution is -0.215. The van der Waals surface area contributed by atoms with Crippen LogP contribution in [0.3, 0.4) is 0 Å². The molecular formula is C24H29F5N8O4. The number of hydrogen-bond acceptors (Lipinski definition) is 8. The van der Waals surface area contributed by atoms with Crippen LogP contribution >= 0.6 is 0 Å². The fourth-order valence-corrected chi connectivity index (χ4v) is 4.50. The fourth-order valence-electron chi connectivity index (χ4n) is 4.50. The molecule has 0 aliphatic carbocycles. The predicted octanol–water partition coefficient (Wildman–Crippen LogP) is 3.26. The van der Waals surface area contributed by atoms with Crippen LogP contribution in [0.2, 0.25) is 0 Å². The minimum atomic E-state index is -4.54. The van der Waals surface area contributed by atoms with Crippen LogP contribution in [-0.4, -0.2) is 87.2 Å². The van der Waals surface area contributed by atoms with Crippen molar-refractivity contribution < 1.29 is 40.9 Å². The lowest BCUT2D eigenvalue weighted by atomic mass is 9.81. The van der Waals surface area contributed by atoms with E-state index in [9.17, 15) is 31.5 Å². The molecule has 224 valence electrons. The molecule has 0 bridgehead atoms. The Kier molecular flexibility index (Phi) is 8.20. The summed E-state index contributed by atoms with van der Waals surface area (Å²) in [5, 5.41) is 16.0. The maximum Gasteiger partial charge on any atom is 0.393 e. The maximum absolute atomic E-state index is 14.1. The standard InChI is InChI=1S/C24H29F5N8O4/c1-13-19(35-41-34-13)20(38)30-7-15(6-22(2,3)24(27,28)29)16-9-37-18(33-16)5-14(8-32-37)17(10-40-4)36-12-23(25,26)11-31-21(36)39/h5,8-9,15,17H,6-7,10-12H2,1-4H3,(H,30,38)(H,31,39)/t15?,17-/m1/s1. The summed E-state index contributed by atoms with van der Waals surface area (Å²) in [5.74, 6) is -4.76. The van der Waals surface area contributed by atoms with Gasteiger partial charge >= 0.3 is 12.2 Å². The van der Waals surface area contributed by atoms with Crippen LogP contribution < -0.4 is 10.6 Å². The Hall–Kier alpha value is -3.89. The lowest BCUT2D eigenvalue weighted by Crippen LogP contribution is -2.58. The molecule has 4 heterocycles. The number of aromatic nitrogens is 5. The van der Waals surface area contributed by atoms with Gasteiger partial charge in [-0.3, -0.25) is 4.79 Å². The monoisotopic (exact) mass is 588 g/mol. The third-order valence-corrected chi connectivity index (χ3v) is 6.93. The first-order valence-corrected chi connectivity index (χ1v) is 12.5. The molecule has 3 aromatic rings. The Morgan fingerprint density at radius 1 is 1.29 bits per heavy atom. The number of ether oxygens (including phenoxy) is 1. The van der Waals surface area contributed by atoms with Gasteiger partial charge in [-0.15, -0.1) is 0 Å². The first kappa shape index (κ1) is 30.1. The van der Waals surface area contributed by atoms with E-state index in [0.29, 0.717) is 5.56 Å². The molecule has 1 saturated heterocycles. The largest absolute Gasteiger partial charge is 0.393 e. The number of imidazole rings is 1. The third-order valence-electron chi connectivity index (χ3n) is 6.93. The van der Waals surface area contributed by atoms with Gasteiger partial charge in [0.2, 0.25) is 0 Å². The summed E-state index contributed by atoms with van der Waals surface area (Å²) >= 11 is 0. The van der Waals surface area contributed by atoms with Gasteiger partial charge in [0.15, 0.2) is 11.3 Å². The van der Waals surface area contributed by atoms with Gasteiger partial charge in [0.25, 0.3) is 11.8 Å². The van der Waals surface area contributed by atoms with E-state index in [2.05, 4.69) is 35.7 Å². The molecule has 41 heavy (non-hydrogen) atoms. The second-order valence-electron chi connectivity index (χ2n) is 10.6. The van der Waals surface area contributed by atoms with E-state index in [4.69, 9.17) is 4.74 Å². The number of carbonyl (C=O) groups excluding carboxylic acids is 2. The molecule has 1 aliphatic rings. The number of alkyl halides is 5. The molecule has 1 aliphatic heterocycles. The molecule has 12 nitrogen and oxygen atoms in total. The molecule has 2 N–H and O–H groups in total. The van der Waals surface area contributed by atoms with Crippen molar-refractivity contribution in [3.8, 4) is 0 Å². The van der Waals surface area contributed by atoms with Crippen LogP contribution in [0.4, 0.5) is 26.7 Å². The average Bonchev–Trinajstić information content (AvgIpc) is 3.51. The van der Waals surface area contributed by atoms with E-state index in [1.807, 2.05) is 0 Å². The molecule has 1 fully saturated rings. The molecule has 0 radical (unpaired) electrons. The van der Waals surface area contributed by atoms with Gasteiger partial charge < -0.3 is 20.3 Å². The summed E-state index contributed by atoms with van der Waals surface area (Å²) < 4.78 is 80.6. The third kappa shape index (κ3) is 6.55. The second-order valence-corrected chi connectivity index (χ2v) is 10.6. The first-order chi connectivity index (χ1) is 19.1. The number of aryl methyl sites for hydroxylation is 1. The van der Waals surface area contributed by atoms with Crippen molar-refractivity contribution in [2.75, 3.05) is 33.4 Å². The molecule has 3 aromatic heterocycles. The highest BCUT2D eigenvalue weighted by atomic mass is 19.4. The van der Waals surface area contributed by atoms with Crippen molar-refractivity contribution in [2.45, 2.75) is 51.3 Å². The molecule has 2 atom stereocenters. The van der Waals surface area contributed by atoms with Crippen molar-refractivity contribution in [3.05, 3.63) is 41.1 Å². The van der Waals surface area contributed by atoms with E-state index in [1.54, 1.807) is 0 Å². The average molecular weight is 589 g/mol. The van der Waals surface area contributed by atoms with Crippen molar-refractivity contribution in [2.24, 2.45) is 5.41 Å². The van der Waals surface area contributed by atoms with E-state index in [1.165, 1.54) is 37.0 Å². The first-order valence-electron chi connectivity index (χ1n) is 12.5. The van der Waals surface area contributed by atoms with Crippen LogP contribution in [0.5, 0.6) is 0 Å². The van der Waals surface area contributed by atoms with Crippen LogP contribution in [0.15, 0.2) is 23.1 Å². The Morgan fingerprint density at radius 2 is 2.02 bits per heavy atom. The second kappa shape index (κ2) is 11.2. The Labute approximate surface area is 230 Å². The van der Waals surface area contributed by atoms with Crippen molar-refractivity contribution >= 4 is 17.6 Å². The van der Waals surface area contributed by atoms with Gasteiger partial charge in [-0.2, -0.15) is 18.3 Å². The van der Waals surface area contributed by atoms with Gasteiger partial charge in [-0.1, -0.05) is 19.0 Å². The Morgan fingerprint density at radius 3 is 2.66 bits per heavy atom. The maximum atomic E-state index is 14.1. The van der Waals surface area contributed by atoms with Gasteiger partial charge in [0, 0.05) is 25.1 Å². The number of hydrogen-bond donors (Lipinski definition) is 2. The number of rotatable bonds is 10. The molecule has 4 rings (SSSR count). The Bertz CT molecular complexity index is 1410. The number of nitrogens with one attached hydrogen (secondary N) is 2. The highest BCUT2D eigenvalue weighted by Gasteiger charge is 2.48. The molecule has 1 unspecified atom stereocenters. The molecule has 0 spiro atoms. The predicted molar refractivity (Wildman–Crippen MR) is 131 cm³/mol. The number of nitrogens with zero attached hydrogens (tertiary/aromatic N) is 6. The van der Waals surface area contributed by atoms with E-state index < -0.39 is 60.9 Å². The smallest absolute Gasteiger partial charge is 0.382 e. The Balaban J connectivity index is 1.65. The SMILES string of the molecule is COC[C@H](c1cnn2cc(C(CNC(=O)c3nonc3C)CC(C)(C)C(F)(F)F)nc2c1)N1CC(F)(F)CNC1=O. The lowest BCUT2D eigenvalue weighted by Gasteiger charge is -2.38. The highest BCUT2D eigenvalue weighted by Crippen LogP contribution is 2.44. The number of fused-ring (bicyclic) bond motifs is 1. The zero-order chi connectivity index (χ0) is 30.2. The normalized spacial score (nSPS) is 17.4. The van der Waals surface area contributed by atoms with Gasteiger partial charge in [0.1, 0.15) is 5.69 Å². The van der Waals surface area contributed by atoms with Gasteiger partial charge in [-0.25, -0.2) is 27.7 Å². The molecule has 0 saturated carbocycles. The molecular weight excluding hydrogens is 559 g/mol. The van der Waals surface area contributed by atoms with Crippen LogP contribution in [-0.2, 0) is 4.74 Å². The zero-order valence-electron chi connectivity index (χ0n) is 22.6. The summed E-state index contributed by atoms with van der Waals surface area (Å²) in [6.07, 6.45) is -2.20. The van der Waals surface area contributed by atoms with Crippen molar-refractivity contribution in [1.29, 1.82) is 0 Å². The number of halogens is 5. The number of carbonyl (C=O) groups is 2. The van der Waals surface area contributed by atoms with Gasteiger partial charge in [-0.05, 0) is 24.6 Å². The quantitative estimate of drug-likeness (QED) is 0.344. The number of amides is 3. The van der Waals surface area contributed by atoms with Crippen LogP contribution in [0, 0.1) is 12.3 Å². The molecule has 0 aromatic carbocycles. The summed E-state index contributed by atoms with van der Waals surface area (Å²) in [6, 6.07) is -0.151. The number of urea groups is 1. The van der Waals surface area contributed by atoms with Crippen LogP contribution in [0.25, 0.3) is 5.65 Å². The van der Waals surface area contributed by atoms with Crippen LogP contribution in [0.1, 0.15) is 59.7 Å². The summed E-state index contributed by atoms with van der Waals surface area (Å²) in [6.45, 7) is 1.61. The van der Waals surface area contributed by atoms with E-state index >= 15 is 0 Å². The van der Waals surface area contributed by atoms with Crippen molar-refractivity contribution in [3.63, 3.8) is 0 Å². The molecule has 17 heteroatoms. The topological polar surface area (TPSA) is 140 Å². The minimum absolute atomic E-state index is 0.100. The number of methoxy groups -OCH3 is 1. The summed E-state index contributed by atoms with van der Waals surface area (Å²) in [7, 11) is 1.35. The van der Waals surface area contributed by atoms with Gasteiger partial charge in [0.05, 0.1) is 49.2 Å². The van der Waals surface area contributed by atoms with E-state index in [0.717, 1.165) is 18.7 Å². The van der Waals surface area contributed by atoms with E-state index in [-0.39, 0.29) is 35.9 Å². The zero-order valence-corrected chi connectivity index (χ0v) is 22.6. The summed E-state index contributed by atoms with van der Waals surface area (Å²) in [5.41, 5.74) is -1.30. The summed E-state index contributed by atoms with van der Waals surface area (Å²) in [4.78, 5) is 30.4. The highest BCUT2D eigenvalue weighted by molar-refractivity contribution is 5.93. The minimum Gasteiger partial charge on any atom is -0.382 e. The molecule has 3 amide bonds.